The van der Waals surface area contributed by atoms with Crippen LogP contribution in [0, 0.1) is 0 Å². The molecule has 0 aliphatic rings. The van der Waals surface area contributed by atoms with Crippen LogP contribution in [0.4, 0.5) is 36.3 Å². The van der Waals surface area contributed by atoms with E-state index in [1.54, 1.807) is 30.3 Å². The van der Waals surface area contributed by atoms with Gasteiger partial charge in [-0.15, -0.1) is 0 Å². The molecule has 138 valence electrons. The summed E-state index contributed by atoms with van der Waals surface area (Å²) in [5.41, 5.74) is 0.219. The second-order valence-electron chi connectivity index (χ2n) is 5.70. The van der Waals surface area contributed by atoms with Crippen LogP contribution in [-0.2, 0) is 6.18 Å². The summed E-state index contributed by atoms with van der Waals surface area (Å²) in [7, 11) is 0. The van der Waals surface area contributed by atoms with E-state index < -0.39 is 11.7 Å². The van der Waals surface area contributed by atoms with Crippen molar-refractivity contribution in [1.82, 2.24) is 9.97 Å². The molecule has 0 saturated carbocycles. The number of nitrogens with one attached hydrogen (secondary N) is 2. The maximum atomic E-state index is 13.1. The summed E-state index contributed by atoms with van der Waals surface area (Å²) in [5, 5.41) is 5.60. The number of alkyl halides is 3. The maximum absolute atomic E-state index is 13.1. The van der Waals surface area contributed by atoms with Gasteiger partial charge in [-0.2, -0.15) is 18.2 Å². The minimum absolute atomic E-state index is 0.0134. The SMILES string of the molecule is CC(=O)c1cccc(Nc2ccnc(Nc3ccccc3C(F)(F)F)n2)c1. The minimum Gasteiger partial charge on any atom is -0.340 e. The third-order valence-corrected chi connectivity index (χ3v) is 3.68. The molecular formula is C19H15F3N4O. The third kappa shape index (κ3) is 4.60. The molecule has 0 amide bonds. The molecule has 2 N–H and O–H groups in total. The van der Waals surface area contributed by atoms with Crippen LogP contribution in [0.2, 0.25) is 0 Å². The highest BCUT2D eigenvalue weighted by Crippen LogP contribution is 2.35. The number of anilines is 4. The molecule has 0 saturated heterocycles. The van der Waals surface area contributed by atoms with Gasteiger partial charge in [-0.25, -0.2) is 4.98 Å². The van der Waals surface area contributed by atoms with Gasteiger partial charge in [0.2, 0.25) is 5.95 Å². The van der Waals surface area contributed by atoms with E-state index in [4.69, 9.17) is 0 Å². The molecule has 8 heteroatoms. The maximum Gasteiger partial charge on any atom is 0.418 e. The third-order valence-electron chi connectivity index (χ3n) is 3.68. The molecule has 5 nitrogen and oxygen atoms in total. The zero-order valence-electron chi connectivity index (χ0n) is 14.2. The van der Waals surface area contributed by atoms with E-state index in [1.165, 1.54) is 31.3 Å². The van der Waals surface area contributed by atoms with E-state index in [-0.39, 0.29) is 17.4 Å². The molecule has 0 unspecified atom stereocenters. The second kappa shape index (κ2) is 7.45. The number of carbonyl (C=O) groups excluding carboxylic acids is 1. The van der Waals surface area contributed by atoms with Gasteiger partial charge < -0.3 is 10.6 Å². The van der Waals surface area contributed by atoms with E-state index in [1.807, 2.05) is 0 Å². The first-order valence-corrected chi connectivity index (χ1v) is 7.97. The van der Waals surface area contributed by atoms with Gasteiger partial charge >= 0.3 is 6.18 Å². The van der Waals surface area contributed by atoms with E-state index >= 15 is 0 Å². The topological polar surface area (TPSA) is 66.9 Å². The lowest BCUT2D eigenvalue weighted by Crippen LogP contribution is -2.09. The van der Waals surface area contributed by atoms with Crippen molar-refractivity contribution in [2.75, 3.05) is 10.6 Å². The van der Waals surface area contributed by atoms with Crippen LogP contribution in [0.1, 0.15) is 22.8 Å². The van der Waals surface area contributed by atoms with Crippen molar-refractivity contribution >= 4 is 28.9 Å². The van der Waals surface area contributed by atoms with Crippen molar-refractivity contribution in [2.45, 2.75) is 13.1 Å². The number of carbonyl (C=O) groups is 1. The first-order chi connectivity index (χ1) is 12.8. The molecule has 0 radical (unpaired) electrons. The molecule has 0 atom stereocenters. The number of rotatable bonds is 5. The van der Waals surface area contributed by atoms with Gasteiger partial charge in [0, 0.05) is 17.4 Å². The smallest absolute Gasteiger partial charge is 0.340 e. The molecule has 0 aliphatic heterocycles. The average Bonchev–Trinajstić information content (AvgIpc) is 2.62. The molecule has 27 heavy (non-hydrogen) atoms. The van der Waals surface area contributed by atoms with Gasteiger partial charge in [0.1, 0.15) is 5.82 Å². The summed E-state index contributed by atoms with van der Waals surface area (Å²) >= 11 is 0. The molecule has 1 heterocycles. The van der Waals surface area contributed by atoms with Crippen LogP contribution in [0.3, 0.4) is 0 Å². The van der Waals surface area contributed by atoms with Crippen molar-refractivity contribution < 1.29 is 18.0 Å². The first kappa shape index (κ1) is 18.4. The lowest BCUT2D eigenvalue weighted by Gasteiger charge is -2.14. The molecule has 0 aliphatic carbocycles. The Morgan fingerprint density at radius 3 is 2.52 bits per heavy atom. The molecule has 2 aromatic carbocycles. The molecule has 0 fully saturated rings. The summed E-state index contributed by atoms with van der Waals surface area (Å²) in [4.78, 5) is 19.6. The zero-order valence-corrected chi connectivity index (χ0v) is 14.2. The second-order valence-corrected chi connectivity index (χ2v) is 5.70. The molecular weight excluding hydrogens is 357 g/mol. The molecule has 1 aromatic heterocycles. The van der Waals surface area contributed by atoms with Crippen LogP contribution in [0.5, 0.6) is 0 Å². The highest BCUT2D eigenvalue weighted by molar-refractivity contribution is 5.95. The number of nitrogens with zero attached hydrogens (tertiary/aromatic N) is 2. The number of ketones is 1. The molecule has 3 aromatic rings. The van der Waals surface area contributed by atoms with Crippen molar-refractivity contribution in [3.05, 3.63) is 71.9 Å². The van der Waals surface area contributed by atoms with Crippen molar-refractivity contribution in [3.63, 3.8) is 0 Å². The number of benzene rings is 2. The van der Waals surface area contributed by atoms with Crippen molar-refractivity contribution in [2.24, 2.45) is 0 Å². The Hall–Kier alpha value is -3.42. The summed E-state index contributed by atoms with van der Waals surface area (Å²) in [6.07, 6.45) is -3.07. The quantitative estimate of drug-likeness (QED) is 0.604. The van der Waals surface area contributed by atoms with Gasteiger partial charge in [-0.1, -0.05) is 24.3 Å². The Labute approximate surface area is 153 Å². The van der Waals surface area contributed by atoms with Crippen molar-refractivity contribution in [1.29, 1.82) is 0 Å². The Morgan fingerprint density at radius 2 is 1.78 bits per heavy atom. The molecule has 3 rings (SSSR count). The Bertz CT molecular complexity index is 973. The van der Waals surface area contributed by atoms with Crippen LogP contribution in [0.15, 0.2) is 60.8 Å². The fourth-order valence-corrected chi connectivity index (χ4v) is 2.41. The number of Topliss-reactive ketones (excluding diaryl/α,β-unsaturated/α-hetero) is 1. The van der Waals surface area contributed by atoms with Gasteiger partial charge in [0.15, 0.2) is 5.78 Å². The Balaban J connectivity index is 1.83. The number of hydrogen-bond acceptors (Lipinski definition) is 5. The fraction of sp³-hybridized carbons (Fsp3) is 0.105. The van der Waals surface area contributed by atoms with Gasteiger partial charge in [0.05, 0.1) is 11.3 Å². The van der Waals surface area contributed by atoms with Gasteiger partial charge in [-0.3, -0.25) is 4.79 Å². The van der Waals surface area contributed by atoms with Crippen LogP contribution >= 0.6 is 0 Å². The highest BCUT2D eigenvalue weighted by Gasteiger charge is 2.33. The first-order valence-electron chi connectivity index (χ1n) is 7.97. The summed E-state index contributed by atoms with van der Waals surface area (Å²) in [6.45, 7) is 1.46. The molecule has 0 bridgehead atoms. The largest absolute Gasteiger partial charge is 0.418 e. The average molecular weight is 372 g/mol. The van der Waals surface area contributed by atoms with Crippen LogP contribution < -0.4 is 10.6 Å². The van der Waals surface area contributed by atoms with Gasteiger partial charge in [0.25, 0.3) is 0 Å². The Morgan fingerprint density at radius 1 is 1.00 bits per heavy atom. The van der Waals surface area contributed by atoms with E-state index in [9.17, 15) is 18.0 Å². The van der Waals surface area contributed by atoms with E-state index in [0.29, 0.717) is 17.1 Å². The number of para-hydroxylation sites is 1. The summed E-state index contributed by atoms with van der Waals surface area (Å²) in [5.74, 6) is 0.310. The van der Waals surface area contributed by atoms with E-state index in [0.717, 1.165) is 6.07 Å². The normalized spacial score (nSPS) is 11.1. The van der Waals surface area contributed by atoms with Gasteiger partial charge in [-0.05, 0) is 37.3 Å². The van der Waals surface area contributed by atoms with Crippen LogP contribution in [0.25, 0.3) is 0 Å². The molecule has 0 spiro atoms. The number of hydrogen-bond donors (Lipinski definition) is 2. The predicted octanol–water partition coefficient (Wildman–Crippen LogP) is 5.19. The fourth-order valence-electron chi connectivity index (χ4n) is 2.41. The minimum atomic E-state index is -4.49. The summed E-state index contributed by atoms with van der Waals surface area (Å²) < 4.78 is 39.3. The highest BCUT2D eigenvalue weighted by atomic mass is 19.4. The van der Waals surface area contributed by atoms with Crippen LogP contribution in [-0.4, -0.2) is 15.8 Å². The summed E-state index contributed by atoms with van der Waals surface area (Å²) in [6, 6.07) is 13.5. The Kier molecular flexibility index (Phi) is 5.07. The monoisotopic (exact) mass is 372 g/mol. The number of aromatic nitrogens is 2. The zero-order chi connectivity index (χ0) is 19.4. The number of halogens is 3. The van der Waals surface area contributed by atoms with Crippen molar-refractivity contribution in [3.8, 4) is 0 Å². The van der Waals surface area contributed by atoms with E-state index in [2.05, 4.69) is 20.6 Å². The lowest BCUT2D eigenvalue weighted by molar-refractivity contribution is -0.136. The standard InChI is InChI=1S/C19H15F3N4O/c1-12(27)13-5-4-6-14(11-13)24-17-9-10-23-18(26-17)25-16-8-3-2-7-15(16)19(20,21)22/h2-11H,1H3,(H2,23,24,25,26). The predicted molar refractivity (Wildman–Crippen MR) is 96.5 cm³/mol. The lowest BCUT2D eigenvalue weighted by atomic mass is 10.1.